The molecule has 0 amide bonds. The van der Waals surface area contributed by atoms with Gasteiger partial charge < -0.3 is 0 Å². The molecule has 0 rings (SSSR count). The van der Waals surface area contributed by atoms with Crippen LogP contribution in [0.5, 0.6) is 0 Å². The molecule has 0 saturated carbocycles. The molecule has 6 heteroatoms. The van der Waals surface area contributed by atoms with Crippen LogP contribution >= 0.6 is 39.3 Å². The molecule has 0 heterocycles. The Morgan fingerprint density at radius 2 is 1.14 bits per heavy atom. The normalized spacial score (nSPS) is 3.43. The predicted molar refractivity (Wildman–Crippen MR) is 37.1 cm³/mol. The van der Waals surface area contributed by atoms with Crippen LogP contribution in [-0.4, -0.2) is 0 Å². The molecule has 0 bridgehead atoms. The van der Waals surface area contributed by atoms with Gasteiger partial charge in [-0.05, 0) is 0 Å². The first-order valence-corrected chi connectivity index (χ1v) is 14.1. The van der Waals surface area contributed by atoms with Gasteiger partial charge in [0.15, 0.2) is 0 Å². The van der Waals surface area contributed by atoms with Crippen molar-refractivity contribution >= 4 is 39.3 Å². The number of rotatable bonds is 0. The summed E-state index contributed by atoms with van der Waals surface area (Å²) in [4.78, 5) is 0. The minimum absolute atomic E-state index is 0. The van der Waals surface area contributed by atoms with Gasteiger partial charge in [0.1, 0.15) is 0 Å². The third kappa shape index (κ3) is 63.5. The van der Waals surface area contributed by atoms with Crippen LogP contribution < -0.4 is 0 Å². The van der Waals surface area contributed by atoms with Crippen LogP contribution in [0.25, 0.3) is 0 Å². The summed E-state index contributed by atoms with van der Waals surface area (Å²) in [6, 6.07) is 0. The second kappa shape index (κ2) is 24.0. The Bertz CT molecular complexity index is 65.7. The molecular formula is CH4MoS4W. The summed E-state index contributed by atoms with van der Waals surface area (Å²) < 4.78 is 0. The predicted octanol–water partition coefficient (Wildman–Crippen LogP) is 3.22. The van der Waals surface area contributed by atoms with Crippen molar-refractivity contribution in [3.05, 3.63) is 0 Å². The molecule has 0 aliphatic heterocycles. The first-order chi connectivity index (χ1) is 2.83. The van der Waals surface area contributed by atoms with E-state index in [1.165, 1.54) is 0 Å². The van der Waals surface area contributed by atoms with Crippen LogP contribution in [0.4, 0.5) is 0 Å². The third-order valence-electron chi connectivity index (χ3n) is 0. The van der Waals surface area contributed by atoms with Crippen LogP contribution in [0.3, 0.4) is 0 Å². The van der Waals surface area contributed by atoms with Crippen LogP contribution in [0.15, 0.2) is 0 Å². The fourth-order valence-electron chi connectivity index (χ4n) is 0. The Morgan fingerprint density at radius 1 is 1.14 bits per heavy atom. The van der Waals surface area contributed by atoms with Crippen LogP contribution in [-0.2, 0) is 29.8 Å². The van der Waals surface area contributed by atoms with E-state index in [2.05, 4.69) is 39.3 Å². The van der Waals surface area contributed by atoms with Gasteiger partial charge >= 0.3 is 69.1 Å². The molecule has 0 radical (unpaired) electrons. The fraction of sp³-hybridized carbons (Fsp3) is 1.00. The topological polar surface area (TPSA) is 0 Å². The Kier molecular flexibility index (Phi) is 55.3. The van der Waals surface area contributed by atoms with E-state index in [9.17, 15) is 0 Å². The van der Waals surface area contributed by atoms with E-state index in [1.807, 2.05) is 0 Å². The number of hydrogen-bond acceptors (Lipinski definition) is 4. The van der Waals surface area contributed by atoms with E-state index in [4.69, 9.17) is 0 Å². The van der Waals surface area contributed by atoms with E-state index in [0.717, 1.165) is 0 Å². The zero-order valence-electron chi connectivity index (χ0n) is 2.45. The summed E-state index contributed by atoms with van der Waals surface area (Å²) in [7, 11) is 17.4. The Hall–Kier alpha value is 2.26. The molecule has 0 spiro atoms. The van der Waals surface area contributed by atoms with Crippen molar-refractivity contribution in [3.8, 4) is 0 Å². The minimum atomic E-state index is -0.583. The van der Waals surface area contributed by atoms with E-state index in [0.29, 0.717) is 0 Å². The van der Waals surface area contributed by atoms with E-state index >= 15 is 0 Å². The van der Waals surface area contributed by atoms with Gasteiger partial charge in [-0.15, -0.1) is 0 Å². The van der Waals surface area contributed by atoms with Crippen molar-refractivity contribution in [2.75, 3.05) is 0 Å². The van der Waals surface area contributed by atoms with Crippen LogP contribution in [0.1, 0.15) is 7.43 Å². The summed E-state index contributed by atoms with van der Waals surface area (Å²) in [6.07, 6.45) is 0. The molecule has 7 heavy (non-hydrogen) atoms. The molecule has 0 N–H and O–H groups in total. The molecule has 0 atom stereocenters. The van der Waals surface area contributed by atoms with Crippen molar-refractivity contribution < 1.29 is 29.8 Å². The standard InChI is InChI=1S/CH4.Mo.4S.W/h1H4;;;;;;. The maximum absolute atomic E-state index is 4.38. The molecule has 0 aliphatic rings. The molecule has 0 aromatic heterocycles. The maximum atomic E-state index is 4.38. The molecule has 0 nitrogen and oxygen atoms in total. The van der Waals surface area contributed by atoms with Gasteiger partial charge in [0.2, 0.25) is 0 Å². The number of hydrogen-bond donors (Lipinski definition) is 0. The molecular weight excluding hydrogens is 420 g/mol. The molecule has 44 valence electrons. The average molecular weight is 424 g/mol. The SMILES string of the molecule is C.[S]=[Mo]=[S].[S]=[W]=[S]. The van der Waals surface area contributed by atoms with E-state index < -0.39 is 14.9 Å². The van der Waals surface area contributed by atoms with Crippen LogP contribution in [0.2, 0.25) is 0 Å². The molecule has 0 aliphatic carbocycles. The summed E-state index contributed by atoms with van der Waals surface area (Å²) in [6.45, 7) is 0. The van der Waals surface area contributed by atoms with Crippen LogP contribution in [0, 0.1) is 0 Å². The molecule has 0 unspecified atom stereocenters. The average Bonchev–Trinajstić information content (AvgIpc) is 1.39. The summed E-state index contributed by atoms with van der Waals surface area (Å²) >= 11 is -0.947. The van der Waals surface area contributed by atoms with Gasteiger partial charge in [0.05, 0.1) is 0 Å². The third-order valence-corrected chi connectivity index (χ3v) is 0. The van der Waals surface area contributed by atoms with Crippen molar-refractivity contribution in [1.82, 2.24) is 0 Å². The van der Waals surface area contributed by atoms with Gasteiger partial charge in [-0.1, -0.05) is 7.43 Å². The van der Waals surface area contributed by atoms with Crippen molar-refractivity contribution in [1.29, 1.82) is 0 Å². The Balaban J connectivity index is -0.0000000400. The summed E-state index contributed by atoms with van der Waals surface area (Å²) in [5, 5.41) is 0. The zero-order chi connectivity index (χ0) is 5.41. The Morgan fingerprint density at radius 3 is 1.14 bits per heavy atom. The second-order valence-corrected chi connectivity index (χ2v) is 8.64. The monoisotopic (exact) mass is 426 g/mol. The van der Waals surface area contributed by atoms with Gasteiger partial charge in [0.25, 0.3) is 0 Å². The molecule has 0 fully saturated rings. The Labute approximate surface area is 75.3 Å². The van der Waals surface area contributed by atoms with Crippen molar-refractivity contribution in [2.24, 2.45) is 0 Å². The van der Waals surface area contributed by atoms with Gasteiger partial charge in [0, 0.05) is 0 Å². The van der Waals surface area contributed by atoms with Crippen molar-refractivity contribution in [3.63, 3.8) is 0 Å². The quantitative estimate of drug-likeness (QED) is 0.548. The van der Waals surface area contributed by atoms with E-state index in [1.54, 1.807) is 0 Å². The first-order valence-electron chi connectivity index (χ1n) is 0.667. The van der Waals surface area contributed by atoms with Gasteiger partial charge in [-0.2, -0.15) is 0 Å². The summed E-state index contributed by atoms with van der Waals surface area (Å²) in [5.41, 5.74) is 0. The molecule has 0 aromatic carbocycles. The first kappa shape index (κ1) is 16.1. The fourth-order valence-corrected chi connectivity index (χ4v) is 0. The second-order valence-electron chi connectivity index (χ2n) is 0.136. The van der Waals surface area contributed by atoms with E-state index in [-0.39, 0.29) is 22.4 Å². The summed E-state index contributed by atoms with van der Waals surface area (Å²) in [5.74, 6) is 0. The zero-order valence-corrected chi connectivity index (χ0v) is 10.7. The van der Waals surface area contributed by atoms with Gasteiger partial charge in [-0.3, -0.25) is 0 Å². The molecule has 0 saturated heterocycles. The van der Waals surface area contributed by atoms with Crippen molar-refractivity contribution in [2.45, 2.75) is 7.43 Å². The molecule has 0 aromatic rings. The van der Waals surface area contributed by atoms with Gasteiger partial charge in [-0.25, -0.2) is 0 Å².